The fourth-order valence-electron chi connectivity index (χ4n) is 3.66. The molecule has 0 aliphatic carbocycles. The van der Waals surface area contributed by atoms with Gasteiger partial charge in [0.25, 0.3) is 0 Å². The second-order valence-corrected chi connectivity index (χ2v) is 7.17. The first-order chi connectivity index (χ1) is 12.6. The maximum absolute atomic E-state index is 12.6. The zero-order valence-corrected chi connectivity index (χ0v) is 15.6. The van der Waals surface area contributed by atoms with Crippen LogP contribution in [0.15, 0.2) is 12.3 Å². The molecule has 2 saturated heterocycles. The highest BCUT2D eigenvalue weighted by molar-refractivity contribution is 5.78. The highest BCUT2D eigenvalue weighted by atomic mass is 16.5. The molecule has 1 atom stereocenters. The van der Waals surface area contributed by atoms with Crippen LogP contribution in [0.4, 0.5) is 5.82 Å². The summed E-state index contributed by atoms with van der Waals surface area (Å²) in [4.78, 5) is 27.7. The fourth-order valence-corrected chi connectivity index (χ4v) is 3.66. The number of nitrogens with two attached hydrogens (primary N) is 1. The van der Waals surface area contributed by atoms with E-state index in [1.807, 2.05) is 4.90 Å². The lowest BCUT2D eigenvalue weighted by atomic mass is 10.1. The van der Waals surface area contributed by atoms with Crippen molar-refractivity contribution in [1.29, 1.82) is 0 Å². The summed E-state index contributed by atoms with van der Waals surface area (Å²) in [5.41, 5.74) is 5.74. The van der Waals surface area contributed by atoms with Gasteiger partial charge in [-0.3, -0.25) is 14.6 Å². The molecular formula is C18H30N6O2. The van der Waals surface area contributed by atoms with E-state index in [0.29, 0.717) is 24.9 Å². The highest BCUT2D eigenvalue weighted by Gasteiger charge is 2.25. The van der Waals surface area contributed by atoms with Crippen molar-refractivity contribution in [3.8, 4) is 0 Å². The maximum Gasteiger partial charge on any atom is 0.236 e. The zero-order valence-electron chi connectivity index (χ0n) is 15.6. The van der Waals surface area contributed by atoms with Crippen molar-refractivity contribution in [2.24, 2.45) is 0 Å². The largest absolute Gasteiger partial charge is 0.384 e. The predicted molar refractivity (Wildman–Crippen MR) is 99.4 cm³/mol. The number of likely N-dealkylation sites (tertiary alicyclic amines) is 1. The molecule has 2 fully saturated rings. The van der Waals surface area contributed by atoms with Gasteiger partial charge in [-0.15, -0.1) is 0 Å². The smallest absolute Gasteiger partial charge is 0.236 e. The third-order valence-corrected chi connectivity index (χ3v) is 5.25. The lowest BCUT2D eigenvalue weighted by molar-refractivity contribution is -0.133. The topological polar surface area (TPSA) is 87.8 Å². The number of hydrogen-bond donors (Lipinski definition) is 1. The van der Waals surface area contributed by atoms with Crippen LogP contribution in [-0.4, -0.2) is 89.6 Å². The molecule has 3 rings (SSSR count). The first-order valence-electron chi connectivity index (χ1n) is 9.47. The number of amides is 1. The van der Waals surface area contributed by atoms with Crippen molar-refractivity contribution in [3.63, 3.8) is 0 Å². The fraction of sp³-hybridized carbons (Fsp3) is 0.722. The number of carbonyl (C=O) groups excluding carboxylic acids is 1. The van der Waals surface area contributed by atoms with Crippen molar-refractivity contribution in [2.45, 2.75) is 31.8 Å². The average Bonchev–Trinajstić information content (AvgIpc) is 2.89. The van der Waals surface area contributed by atoms with E-state index in [0.717, 1.165) is 64.5 Å². The highest BCUT2D eigenvalue weighted by Crippen LogP contribution is 2.17. The van der Waals surface area contributed by atoms with Gasteiger partial charge < -0.3 is 15.4 Å². The molecule has 26 heavy (non-hydrogen) atoms. The molecule has 2 aliphatic rings. The molecule has 0 radical (unpaired) electrons. The monoisotopic (exact) mass is 362 g/mol. The van der Waals surface area contributed by atoms with E-state index in [1.165, 1.54) is 0 Å². The SMILES string of the molecule is CN(Cc1nccc(N)n1)[C@@H]1CCCN(C(=O)CN2CCOCC2)CC1. The Morgan fingerprint density at radius 3 is 2.88 bits per heavy atom. The van der Waals surface area contributed by atoms with E-state index < -0.39 is 0 Å². The molecular weight excluding hydrogens is 332 g/mol. The summed E-state index contributed by atoms with van der Waals surface area (Å²) >= 11 is 0. The average molecular weight is 362 g/mol. The van der Waals surface area contributed by atoms with Crippen LogP contribution in [0.2, 0.25) is 0 Å². The molecule has 1 amide bonds. The Balaban J connectivity index is 1.48. The Hall–Kier alpha value is -1.77. The quantitative estimate of drug-likeness (QED) is 0.801. The number of anilines is 1. The normalized spacial score (nSPS) is 22.4. The molecule has 1 aromatic heterocycles. The number of aromatic nitrogens is 2. The second-order valence-electron chi connectivity index (χ2n) is 7.17. The number of rotatable bonds is 5. The van der Waals surface area contributed by atoms with Gasteiger partial charge in [0.1, 0.15) is 11.6 Å². The van der Waals surface area contributed by atoms with Gasteiger partial charge in [-0.2, -0.15) is 0 Å². The van der Waals surface area contributed by atoms with E-state index in [-0.39, 0.29) is 5.91 Å². The first kappa shape index (κ1) is 19.0. The Bertz CT molecular complexity index is 593. The van der Waals surface area contributed by atoms with E-state index in [2.05, 4.69) is 26.8 Å². The molecule has 2 aliphatic heterocycles. The Morgan fingerprint density at radius 1 is 1.31 bits per heavy atom. The van der Waals surface area contributed by atoms with Gasteiger partial charge in [-0.05, 0) is 32.4 Å². The minimum atomic E-state index is 0.245. The zero-order chi connectivity index (χ0) is 18.4. The van der Waals surface area contributed by atoms with Crippen molar-refractivity contribution >= 4 is 11.7 Å². The number of nitrogens with zero attached hydrogens (tertiary/aromatic N) is 5. The number of hydrogen-bond acceptors (Lipinski definition) is 7. The third kappa shape index (κ3) is 5.36. The van der Waals surface area contributed by atoms with Gasteiger partial charge in [0.15, 0.2) is 0 Å². The maximum atomic E-state index is 12.6. The lowest BCUT2D eigenvalue weighted by Crippen LogP contribution is -2.45. The van der Waals surface area contributed by atoms with Crippen LogP contribution in [0, 0.1) is 0 Å². The summed E-state index contributed by atoms with van der Waals surface area (Å²) in [5.74, 6) is 1.50. The molecule has 3 heterocycles. The number of carbonyl (C=O) groups is 1. The summed E-state index contributed by atoms with van der Waals surface area (Å²) in [6.07, 6.45) is 4.79. The first-order valence-corrected chi connectivity index (χ1v) is 9.47. The standard InChI is InChI=1S/C18H30N6O2/c1-22(13-17-20-6-4-16(19)21-17)15-3-2-7-24(8-5-15)18(25)14-23-9-11-26-12-10-23/h4,6,15H,2-3,5,7-14H2,1H3,(H2,19,20,21)/t15-/m1/s1. The van der Waals surface area contributed by atoms with Gasteiger partial charge in [-0.1, -0.05) is 0 Å². The van der Waals surface area contributed by atoms with Gasteiger partial charge in [0.2, 0.25) is 5.91 Å². The van der Waals surface area contributed by atoms with E-state index in [1.54, 1.807) is 12.3 Å². The molecule has 1 aromatic rings. The van der Waals surface area contributed by atoms with Gasteiger partial charge in [0, 0.05) is 38.4 Å². The molecule has 8 heteroatoms. The Labute approximate surface area is 155 Å². The molecule has 2 N–H and O–H groups in total. The van der Waals surface area contributed by atoms with Crippen LogP contribution in [0.5, 0.6) is 0 Å². The molecule has 144 valence electrons. The Kier molecular flexibility index (Phi) is 6.76. The van der Waals surface area contributed by atoms with Crippen LogP contribution in [0.1, 0.15) is 25.1 Å². The van der Waals surface area contributed by atoms with Crippen LogP contribution < -0.4 is 5.73 Å². The molecule has 0 spiro atoms. The Morgan fingerprint density at radius 2 is 2.12 bits per heavy atom. The molecule has 0 aromatic carbocycles. The van der Waals surface area contributed by atoms with Gasteiger partial charge >= 0.3 is 0 Å². The van der Waals surface area contributed by atoms with Gasteiger partial charge in [0.05, 0.1) is 26.3 Å². The predicted octanol–water partition coefficient (Wildman–Crippen LogP) is 0.204. The van der Waals surface area contributed by atoms with Crippen LogP contribution in [0.25, 0.3) is 0 Å². The minimum Gasteiger partial charge on any atom is -0.384 e. The van der Waals surface area contributed by atoms with Crippen LogP contribution in [-0.2, 0) is 16.1 Å². The van der Waals surface area contributed by atoms with E-state index in [4.69, 9.17) is 10.5 Å². The molecule has 0 bridgehead atoms. The van der Waals surface area contributed by atoms with Crippen molar-refractivity contribution in [1.82, 2.24) is 24.7 Å². The van der Waals surface area contributed by atoms with E-state index in [9.17, 15) is 4.79 Å². The van der Waals surface area contributed by atoms with Gasteiger partial charge in [-0.25, -0.2) is 9.97 Å². The molecule has 0 unspecified atom stereocenters. The summed E-state index contributed by atoms with van der Waals surface area (Å²) in [6.45, 7) is 6.02. The summed E-state index contributed by atoms with van der Waals surface area (Å²) in [6, 6.07) is 2.13. The number of ether oxygens (including phenoxy) is 1. The lowest BCUT2D eigenvalue weighted by Gasteiger charge is -2.29. The van der Waals surface area contributed by atoms with Crippen molar-refractivity contribution in [3.05, 3.63) is 18.1 Å². The molecule has 8 nitrogen and oxygen atoms in total. The van der Waals surface area contributed by atoms with Crippen molar-refractivity contribution < 1.29 is 9.53 Å². The van der Waals surface area contributed by atoms with E-state index >= 15 is 0 Å². The second kappa shape index (κ2) is 9.25. The van der Waals surface area contributed by atoms with Crippen LogP contribution >= 0.6 is 0 Å². The number of morpholine rings is 1. The van der Waals surface area contributed by atoms with Crippen molar-refractivity contribution in [2.75, 3.05) is 58.7 Å². The summed E-state index contributed by atoms with van der Waals surface area (Å²) in [5, 5.41) is 0. The minimum absolute atomic E-state index is 0.245. The number of nitrogen functional groups attached to an aromatic ring is 1. The summed E-state index contributed by atoms with van der Waals surface area (Å²) in [7, 11) is 2.10. The summed E-state index contributed by atoms with van der Waals surface area (Å²) < 4.78 is 5.35. The molecule has 0 saturated carbocycles. The van der Waals surface area contributed by atoms with Crippen LogP contribution in [0.3, 0.4) is 0 Å². The third-order valence-electron chi connectivity index (χ3n) is 5.25.